The monoisotopic (exact) mass is 400 g/mol. The third-order valence-electron chi connectivity index (χ3n) is 4.15. The van der Waals surface area contributed by atoms with Gasteiger partial charge in [-0.3, -0.25) is 14.4 Å². The van der Waals surface area contributed by atoms with Crippen LogP contribution in [0, 0.1) is 0 Å². The Balaban J connectivity index is 2.15. The predicted molar refractivity (Wildman–Crippen MR) is 108 cm³/mol. The Labute approximate surface area is 170 Å². The number of ether oxygens (including phenoxy) is 1. The van der Waals surface area contributed by atoms with Gasteiger partial charge in [-0.05, 0) is 18.6 Å². The van der Waals surface area contributed by atoms with Crippen LogP contribution in [0.2, 0.25) is 0 Å². The Morgan fingerprint density at radius 3 is 2.55 bits per heavy atom. The third kappa shape index (κ3) is 7.50. The molecule has 0 saturated heterocycles. The SMILES string of the molecule is CCCCCCCCOc1cc(=NC(=O)C(=O)NOC)cnn1-c1ccccc1. The lowest BCUT2D eigenvalue weighted by atomic mass is 10.1. The molecule has 2 aromatic rings. The molecule has 1 aromatic carbocycles. The number of hydrogen-bond acceptors (Lipinski definition) is 5. The van der Waals surface area contributed by atoms with Crippen molar-refractivity contribution in [3.8, 4) is 11.6 Å². The lowest BCUT2D eigenvalue weighted by molar-refractivity contribution is -0.143. The maximum atomic E-state index is 11.8. The fourth-order valence-corrected chi connectivity index (χ4v) is 2.69. The summed E-state index contributed by atoms with van der Waals surface area (Å²) in [4.78, 5) is 31.5. The first-order valence-electron chi connectivity index (χ1n) is 9.85. The number of carbonyl (C=O) groups is 2. The van der Waals surface area contributed by atoms with Crippen LogP contribution in [0.1, 0.15) is 45.4 Å². The molecule has 1 aromatic heterocycles. The van der Waals surface area contributed by atoms with Gasteiger partial charge in [0.15, 0.2) is 0 Å². The Morgan fingerprint density at radius 2 is 1.83 bits per heavy atom. The fraction of sp³-hybridized carbons (Fsp3) is 0.429. The molecule has 1 N–H and O–H groups in total. The van der Waals surface area contributed by atoms with Gasteiger partial charge < -0.3 is 4.74 Å². The van der Waals surface area contributed by atoms with E-state index >= 15 is 0 Å². The minimum absolute atomic E-state index is 0.228. The maximum Gasteiger partial charge on any atom is 0.337 e. The van der Waals surface area contributed by atoms with Crippen molar-refractivity contribution in [2.75, 3.05) is 13.7 Å². The zero-order valence-corrected chi connectivity index (χ0v) is 17.0. The zero-order valence-electron chi connectivity index (χ0n) is 17.0. The van der Waals surface area contributed by atoms with Crippen LogP contribution < -0.4 is 15.6 Å². The highest BCUT2D eigenvalue weighted by Crippen LogP contribution is 2.15. The normalized spacial score (nSPS) is 11.3. The molecule has 29 heavy (non-hydrogen) atoms. The molecule has 156 valence electrons. The van der Waals surface area contributed by atoms with Gasteiger partial charge in [0, 0.05) is 6.07 Å². The van der Waals surface area contributed by atoms with Crippen molar-refractivity contribution in [3.63, 3.8) is 0 Å². The summed E-state index contributed by atoms with van der Waals surface area (Å²) < 4.78 is 7.57. The molecule has 0 unspecified atom stereocenters. The highest BCUT2D eigenvalue weighted by Gasteiger charge is 2.12. The van der Waals surface area contributed by atoms with Gasteiger partial charge in [0.05, 0.1) is 31.0 Å². The topological polar surface area (TPSA) is 94.8 Å². The molecule has 0 aliphatic carbocycles. The van der Waals surface area contributed by atoms with E-state index in [9.17, 15) is 9.59 Å². The van der Waals surface area contributed by atoms with Crippen molar-refractivity contribution >= 4 is 11.8 Å². The van der Waals surface area contributed by atoms with Gasteiger partial charge in [0.1, 0.15) is 0 Å². The number of aromatic nitrogens is 2. The Bertz CT molecular complexity index is 849. The number of nitrogens with zero attached hydrogens (tertiary/aromatic N) is 3. The molecular weight excluding hydrogens is 372 g/mol. The van der Waals surface area contributed by atoms with E-state index in [1.54, 1.807) is 10.7 Å². The van der Waals surface area contributed by atoms with Gasteiger partial charge in [0.25, 0.3) is 0 Å². The van der Waals surface area contributed by atoms with Crippen LogP contribution in [0.4, 0.5) is 0 Å². The van der Waals surface area contributed by atoms with E-state index in [1.165, 1.54) is 39.0 Å². The molecular formula is C21H28N4O4. The van der Waals surface area contributed by atoms with E-state index in [4.69, 9.17) is 4.74 Å². The molecule has 0 aliphatic rings. The highest BCUT2D eigenvalue weighted by molar-refractivity contribution is 6.35. The smallest absolute Gasteiger partial charge is 0.337 e. The number of hydrogen-bond donors (Lipinski definition) is 1. The van der Waals surface area contributed by atoms with Gasteiger partial charge >= 0.3 is 11.8 Å². The molecule has 0 fully saturated rings. The molecule has 0 spiro atoms. The summed E-state index contributed by atoms with van der Waals surface area (Å²) in [7, 11) is 1.24. The second-order valence-electron chi connectivity index (χ2n) is 6.47. The second-order valence-corrected chi connectivity index (χ2v) is 6.47. The largest absolute Gasteiger partial charge is 0.478 e. The van der Waals surface area contributed by atoms with Crippen molar-refractivity contribution in [1.82, 2.24) is 15.3 Å². The summed E-state index contributed by atoms with van der Waals surface area (Å²) in [6.45, 7) is 2.72. The summed E-state index contributed by atoms with van der Waals surface area (Å²) in [5.41, 5.74) is 2.76. The summed E-state index contributed by atoms with van der Waals surface area (Å²) in [5.74, 6) is -1.49. The number of rotatable bonds is 10. The predicted octanol–water partition coefficient (Wildman–Crippen LogP) is 2.72. The van der Waals surface area contributed by atoms with Crippen molar-refractivity contribution in [3.05, 3.63) is 48.0 Å². The van der Waals surface area contributed by atoms with E-state index < -0.39 is 11.8 Å². The first-order chi connectivity index (χ1) is 14.2. The van der Waals surface area contributed by atoms with Crippen LogP contribution in [-0.4, -0.2) is 35.3 Å². The number of amides is 2. The lowest BCUT2D eigenvalue weighted by Crippen LogP contribution is -2.30. The molecule has 8 heteroatoms. The van der Waals surface area contributed by atoms with Crippen molar-refractivity contribution in [2.45, 2.75) is 45.4 Å². The molecule has 2 amide bonds. The van der Waals surface area contributed by atoms with Crippen molar-refractivity contribution in [2.24, 2.45) is 4.99 Å². The van der Waals surface area contributed by atoms with E-state index in [2.05, 4.69) is 21.9 Å². The fourth-order valence-electron chi connectivity index (χ4n) is 2.69. The highest BCUT2D eigenvalue weighted by atomic mass is 16.6. The maximum absolute atomic E-state index is 11.8. The number of carbonyl (C=O) groups excluding carboxylic acids is 2. The molecule has 0 radical (unpaired) electrons. The van der Waals surface area contributed by atoms with Gasteiger partial charge in [-0.2, -0.15) is 5.10 Å². The average Bonchev–Trinajstić information content (AvgIpc) is 2.74. The number of para-hydroxylation sites is 1. The quantitative estimate of drug-likeness (QED) is 0.376. The molecule has 0 saturated carbocycles. The number of hydroxylamine groups is 1. The number of unbranched alkanes of at least 4 members (excludes halogenated alkanes) is 5. The van der Waals surface area contributed by atoms with Gasteiger partial charge in [-0.25, -0.2) is 15.2 Å². The third-order valence-corrected chi connectivity index (χ3v) is 4.15. The van der Waals surface area contributed by atoms with E-state index in [0.29, 0.717) is 12.5 Å². The van der Waals surface area contributed by atoms with Gasteiger partial charge in [-0.1, -0.05) is 57.2 Å². The van der Waals surface area contributed by atoms with Crippen LogP contribution in [0.3, 0.4) is 0 Å². The van der Waals surface area contributed by atoms with E-state index in [-0.39, 0.29) is 5.36 Å². The Kier molecular flexibility index (Phi) is 9.57. The summed E-state index contributed by atoms with van der Waals surface area (Å²) >= 11 is 0. The van der Waals surface area contributed by atoms with E-state index in [1.807, 2.05) is 35.8 Å². The standard InChI is InChI=1S/C21H28N4O4/c1-3-4-5-6-7-11-14-29-19-15-17(23-20(26)21(27)24-28-2)16-22-25(19)18-12-9-8-10-13-18/h8-10,12-13,15-16H,3-7,11,14H2,1-2H3,(H,24,27). The van der Waals surface area contributed by atoms with Gasteiger partial charge in [0.2, 0.25) is 5.88 Å². The zero-order chi connectivity index (χ0) is 20.9. The molecule has 0 aliphatic heterocycles. The first-order valence-corrected chi connectivity index (χ1v) is 9.85. The van der Waals surface area contributed by atoms with Crippen molar-refractivity contribution in [1.29, 1.82) is 0 Å². The molecule has 2 rings (SSSR count). The molecule has 8 nitrogen and oxygen atoms in total. The van der Waals surface area contributed by atoms with E-state index in [0.717, 1.165) is 18.5 Å². The summed E-state index contributed by atoms with van der Waals surface area (Å²) in [5, 5.41) is 4.56. The molecule has 0 bridgehead atoms. The second kappa shape index (κ2) is 12.5. The molecule has 1 heterocycles. The van der Waals surface area contributed by atoms with Crippen LogP contribution >= 0.6 is 0 Å². The number of nitrogens with one attached hydrogen (secondary N) is 1. The summed E-state index contributed by atoms with van der Waals surface area (Å²) in [6.07, 6.45) is 8.33. The average molecular weight is 400 g/mol. The van der Waals surface area contributed by atoms with Crippen LogP contribution in [0.5, 0.6) is 5.88 Å². The summed E-state index contributed by atoms with van der Waals surface area (Å²) in [6, 6.07) is 11.1. The van der Waals surface area contributed by atoms with Crippen LogP contribution in [-0.2, 0) is 14.4 Å². The molecule has 0 atom stereocenters. The Morgan fingerprint density at radius 1 is 1.10 bits per heavy atom. The first kappa shape index (κ1) is 22.3. The van der Waals surface area contributed by atoms with Crippen LogP contribution in [0.15, 0.2) is 47.6 Å². The van der Waals surface area contributed by atoms with Crippen LogP contribution in [0.25, 0.3) is 5.69 Å². The van der Waals surface area contributed by atoms with Gasteiger partial charge in [-0.15, -0.1) is 0 Å². The number of benzene rings is 1. The van der Waals surface area contributed by atoms with Crippen molar-refractivity contribution < 1.29 is 19.2 Å². The lowest BCUT2D eigenvalue weighted by Gasteiger charge is -2.13. The minimum atomic E-state index is -0.979. The Hall–Kier alpha value is -3.00. The minimum Gasteiger partial charge on any atom is -0.478 e.